The van der Waals surface area contributed by atoms with E-state index < -0.39 is 5.91 Å². The zero-order valence-electron chi connectivity index (χ0n) is 13.7. The Hall–Kier alpha value is -3.02. The van der Waals surface area contributed by atoms with Crippen LogP contribution >= 0.6 is 0 Å². The molecule has 2 aromatic rings. The first-order chi connectivity index (χ1) is 11.5. The lowest BCUT2D eigenvalue weighted by Gasteiger charge is -2.11. The van der Waals surface area contributed by atoms with Gasteiger partial charge in [0.05, 0.1) is 13.7 Å². The molecule has 126 valence electrons. The average Bonchev–Trinajstić information content (AvgIpc) is 2.60. The van der Waals surface area contributed by atoms with Crippen LogP contribution in [0, 0.1) is 0 Å². The SMILES string of the molecule is CCOc1ccc(C(=O)NCc2cccc(C(N)=O)c2)cc1OC. The maximum atomic E-state index is 12.3. The molecule has 0 heterocycles. The standard InChI is InChI=1S/C18H20N2O4/c1-3-24-15-8-7-14(10-16(15)23-2)18(22)20-11-12-5-4-6-13(9-12)17(19)21/h4-10H,3,11H2,1-2H3,(H2,19,21)(H,20,22). The van der Waals surface area contributed by atoms with E-state index in [1.807, 2.05) is 13.0 Å². The summed E-state index contributed by atoms with van der Waals surface area (Å²) < 4.78 is 10.7. The van der Waals surface area contributed by atoms with Crippen LogP contribution in [0.5, 0.6) is 11.5 Å². The van der Waals surface area contributed by atoms with Crippen molar-refractivity contribution in [3.8, 4) is 11.5 Å². The topological polar surface area (TPSA) is 90.6 Å². The first kappa shape index (κ1) is 17.3. The molecule has 0 aliphatic carbocycles. The smallest absolute Gasteiger partial charge is 0.251 e. The van der Waals surface area contributed by atoms with E-state index in [0.29, 0.717) is 29.2 Å². The fourth-order valence-electron chi connectivity index (χ4n) is 2.20. The molecule has 0 unspecified atom stereocenters. The van der Waals surface area contributed by atoms with Crippen molar-refractivity contribution in [3.05, 3.63) is 59.2 Å². The summed E-state index contributed by atoms with van der Waals surface area (Å²) in [6, 6.07) is 11.8. The van der Waals surface area contributed by atoms with Gasteiger partial charge in [0, 0.05) is 17.7 Å². The first-order valence-electron chi connectivity index (χ1n) is 7.53. The highest BCUT2D eigenvalue weighted by Crippen LogP contribution is 2.28. The predicted octanol–water partition coefficient (Wildman–Crippen LogP) is 2.12. The lowest BCUT2D eigenvalue weighted by atomic mass is 10.1. The zero-order chi connectivity index (χ0) is 17.5. The van der Waals surface area contributed by atoms with Gasteiger partial charge in [-0.25, -0.2) is 0 Å². The number of carbonyl (C=O) groups is 2. The second-order valence-corrected chi connectivity index (χ2v) is 5.05. The van der Waals surface area contributed by atoms with Crippen LogP contribution in [0.4, 0.5) is 0 Å². The summed E-state index contributed by atoms with van der Waals surface area (Å²) >= 11 is 0. The number of carbonyl (C=O) groups excluding carboxylic acids is 2. The van der Waals surface area contributed by atoms with Gasteiger partial charge in [-0.3, -0.25) is 9.59 Å². The molecule has 0 fully saturated rings. The number of hydrogen-bond donors (Lipinski definition) is 2. The number of benzene rings is 2. The Balaban J connectivity index is 2.07. The lowest BCUT2D eigenvalue weighted by Crippen LogP contribution is -2.23. The molecule has 0 saturated heterocycles. The third-order valence-electron chi connectivity index (χ3n) is 3.39. The molecular formula is C18H20N2O4. The van der Waals surface area contributed by atoms with Crippen LogP contribution < -0.4 is 20.5 Å². The average molecular weight is 328 g/mol. The highest BCUT2D eigenvalue weighted by Gasteiger charge is 2.11. The summed E-state index contributed by atoms with van der Waals surface area (Å²) in [5.74, 6) is 0.339. The van der Waals surface area contributed by atoms with Gasteiger partial charge in [0.25, 0.3) is 5.91 Å². The van der Waals surface area contributed by atoms with E-state index >= 15 is 0 Å². The molecule has 0 bridgehead atoms. The van der Waals surface area contributed by atoms with E-state index in [1.54, 1.807) is 36.4 Å². The number of rotatable bonds is 7. The van der Waals surface area contributed by atoms with Crippen LogP contribution in [0.25, 0.3) is 0 Å². The zero-order valence-corrected chi connectivity index (χ0v) is 13.7. The minimum Gasteiger partial charge on any atom is -0.493 e. The fraction of sp³-hybridized carbons (Fsp3) is 0.222. The van der Waals surface area contributed by atoms with Gasteiger partial charge in [0.2, 0.25) is 5.91 Å². The van der Waals surface area contributed by atoms with Crippen molar-refractivity contribution in [2.75, 3.05) is 13.7 Å². The van der Waals surface area contributed by atoms with Crippen LogP contribution in [0.2, 0.25) is 0 Å². The Bertz CT molecular complexity index is 744. The van der Waals surface area contributed by atoms with Crippen molar-refractivity contribution in [2.45, 2.75) is 13.5 Å². The number of nitrogens with one attached hydrogen (secondary N) is 1. The van der Waals surface area contributed by atoms with Crippen LogP contribution in [-0.4, -0.2) is 25.5 Å². The van der Waals surface area contributed by atoms with Crippen LogP contribution in [-0.2, 0) is 6.54 Å². The summed E-state index contributed by atoms with van der Waals surface area (Å²) in [6.45, 7) is 2.67. The molecule has 0 radical (unpaired) electrons. The second-order valence-electron chi connectivity index (χ2n) is 5.05. The molecule has 0 spiro atoms. The monoisotopic (exact) mass is 328 g/mol. The minimum atomic E-state index is -0.501. The Morgan fingerprint density at radius 2 is 1.88 bits per heavy atom. The summed E-state index contributed by atoms with van der Waals surface area (Å²) in [5.41, 5.74) is 6.90. The van der Waals surface area contributed by atoms with E-state index in [0.717, 1.165) is 5.56 Å². The maximum absolute atomic E-state index is 12.3. The molecule has 0 saturated carbocycles. The van der Waals surface area contributed by atoms with Crippen LogP contribution in [0.1, 0.15) is 33.2 Å². The third-order valence-corrected chi connectivity index (χ3v) is 3.39. The molecule has 0 aliphatic heterocycles. The first-order valence-corrected chi connectivity index (χ1v) is 7.53. The normalized spacial score (nSPS) is 10.1. The summed E-state index contributed by atoms with van der Waals surface area (Å²) in [4.78, 5) is 23.5. The summed E-state index contributed by atoms with van der Waals surface area (Å²) in [7, 11) is 1.52. The van der Waals surface area contributed by atoms with Gasteiger partial charge < -0.3 is 20.5 Å². The van der Waals surface area contributed by atoms with Gasteiger partial charge in [-0.05, 0) is 42.8 Å². The molecule has 24 heavy (non-hydrogen) atoms. The molecule has 3 N–H and O–H groups in total. The molecule has 2 amide bonds. The van der Waals surface area contributed by atoms with Crippen molar-refractivity contribution in [1.29, 1.82) is 0 Å². The quantitative estimate of drug-likeness (QED) is 0.814. The van der Waals surface area contributed by atoms with Crippen LogP contribution in [0.15, 0.2) is 42.5 Å². The van der Waals surface area contributed by atoms with Gasteiger partial charge in [0.15, 0.2) is 11.5 Å². The minimum absolute atomic E-state index is 0.249. The third kappa shape index (κ3) is 4.25. The Labute approximate surface area is 140 Å². The van der Waals surface area contributed by atoms with E-state index in [1.165, 1.54) is 7.11 Å². The summed E-state index contributed by atoms with van der Waals surface area (Å²) in [5, 5.41) is 2.80. The second kappa shape index (κ2) is 8.01. The molecule has 0 aliphatic rings. The lowest BCUT2D eigenvalue weighted by molar-refractivity contribution is 0.0949. The van der Waals surface area contributed by atoms with Gasteiger partial charge in [-0.1, -0.05) is 12.1 Å². The van der Waals surface area contributed by atoms with Crippen molar-refractivity contribution in [2.24, 2.45) is 5.73 Å². The van der Waals surface area contributed by atoms with E-state index in [9.17, 15) is 9.59 Å². The van der Waals surface area contributed by atoms with Gasteiger partial charge in [-0.15, -0.1) is 0 Å². The van der Waals surface area contributed by atoms with Gasteiger partial charge >= 0.3 is 0 Å². The number of amides is 2. The Kier molecular flexibility index (Phi) is 5.78. The highest BCUT2D eigenvalue weighted by atomic mass is 16.5. The number of nitrogens with two attached hydrogens (primary N) is 1. The molecule has 2 aromatic carbocycles. The molecule has 6 heteroatoms. The number of primary amides is 1. The number of methoxy groups -OCH3 is 1. The van der Waals surface area contributed by atoms with Crippen molar-refractivity contribution >= 4 is 11.8 Å². The Morgan fingerprint density at radius 1 is 1.08 bits per heavy atom. The fourth-order valence-corrected chi connectivity index (χ4v) is 2.20. The van der Waals surface area contributed by atoms with Crippen molar-refractivity contribution in [3.63, 3.8) is 0 Å². The number of hydrogen-bond acceptors (Lipinski definition) is 4. The van der Waals surface area contributed by atoms with E-state index in [2.05, 4.69) is 5.32 Å². The summed E-state index contributed by atoms with van der Waals surface area (Å²) in [6.07, 6.45) is 0. The Morgan fingerprint density at radius 3 is 2.54 bits per heavy atom. The molecule has 0 aromatic heterocycles. The predicted molar refractivity (Wildman–Crippen MR) is 90.3 cm³/mol. The van der Waals surface area contributed by atoms with E-state index in [4.69, 9.17) is 15.2 Å². The van der Waals surface area contributed by atoms with Crippen molar-refractivity contribution in [1.82, 2.24) is 5.32 Å². The largest absolute Gasteiger partial charge is 0.493 e. The van der Waals surface area contributed by atoms with Gasteiger partial charge in [0.1, 0.15) is 0 Å². The highest BCUT2D eigenvalue weighted by molar-refractivity contribution is 5.95. The molecule has 0 atom stereocenters. The van der Waals surface area contributed by atoms with Gasteiger partial charge in [-0.2, -0.15) is 0 Å². The molecule has 2 rings (SSSR count). The van der Waals surface area contributed by atoms with Crippen molar-refractivity contribution < 1.29 is 19.1 Å². The van der Waals surface area contributed by atoms with Crippen LogP contribution in [0.3, 0.4) is 0 Å². The molecule has 6 nitrogen and oxygen atoms in total. The van der Waals surface area contributed by atoms with E-state index in [-0.39, 0.29) is 12.5 Å². The number of ether oxygens (including phenoxy) is 2. The molecular weight excluding hydrogens is 308 g/mol. The maximum Gasteiger partial charge on any atom is 0.251 e.